The molecule has 0 saturated heterocycles. The summed E-state index contributed by atoms with van der Waals surface area (Å²) in [7, 11) is 0. The van der Waals surface area contributed by atoms with E-state index in [0.717, 1.165) is 21.4 Å². The number of nitrogens with one attached hydrogen (secondary N) is 2. The largest absolute Gasteiger partial charge is 0.506 e. The van der Waals surface area contributed by atoms with Crippen LogP contribution in [-0.2, 0) is 12.3 Å². The third-order valence-electron chi connectivity index (χ3n) is 4.64. The molecule has 2 aromatic heterocycles. The van der Waals surface area contributed by atoms with E-state index in [9.17, 15) is 14.7 Å². The topological polar surface area (TPSA) is 82.2 Å². The second-order valence-corrected chi connectivity index (χ2v) is 9.19. The smallest absolute Gasteiger partial charge is 0.255 e. The number of carbonyl (C=O) groups is 1. The van der Waals surface area contributed by atoms with Gasteiger partial charge in [0.25, 0.3) is 11.5 Å². The van der Waals surface area contributed by atoms with Crippen molar-refractivity contribution in [3.8, 4) is 5.75 Å². The Bertz CT molecular complexity index is 1250. The Morgan fingerprint density at radius 2 is 1.83 bits per heavy atom. The van der Waals surface area contributed by atoms with Crippen LogP contribution < -0.4 is 10.9 Å². The predicted octanol–water partition coefficient (Wildman–Crippen LogP) is 4.83. The van der Waals surface area contributed by atoms with Crippen molar-refractivity contribution in [1.82, 2.24) is 10.3 Å². The number of carbonyl (C=O) groups excluding carboxylic acids is 1. The Morgan fingerprint density at radius 1 is 1.10 bits per heavy atom. The first-order valence-corrected chi connectivity index (χ1v) is 11.2. The van der Waals surface area contributed by atoms with Crippen molar-refractivity contribution < 1.29 is 9.90 Å². The summed E-state index contributed by atoms with van der Waals surface area (Å²) in [6.07, 6.45) is 0. The lowest BCUT2D eigenvalue weighted by atomic mass is 10.2. The molecule has 0 spiro atoms. The number of aromatic amines is 1. The molecule has 3 N–H and O–H groups in total. The fourth-order valence-corrected chi connectivity index (χ4v) is 5.46. The molecule has 0 bridgehead atoms. The van der Waals surface area contributed by atoms with Crippen LogP contribution >= 0.6 is 23.1 Å². The Balaban J connectivity index is 1.66. The number of aryl methyl sites for hydroxylation is 1. The first-order valence-electron chi connectivity index (χ1n) is 9.40. The SMILES string of the molecule is Cc1ccc(CSc2sc3c(O)cc(=O)[nH]c3c2C(=O)NCc2ccccc2)cc1. The molecule has 0 aliphatic rings. The van der Waals surface area contributed by atoms with E-state index in [2.05, 4.69) is 34.6 Å². The van der Waals surface area contributed by atoms with Crippen LogP contribution in [0.4, 0.5) is 0 Å². The zero-order valence-electron chi connectivity index (χ0n) is 16.3. The van der Waals surface area contributed by atoms with Crippen LogP contribution in [0.25, 0.3) is 10.2 Å². The molecule has 2 aromatic carbocycles. The zero-order chi connectivity index (χ0) is 21.1. The molecular formula is C23H20N2O3S2. The predicted molar refractivity (Wildman–Crippen MR) is 122 cm³/mol. The summed E-state index contributed by atoms with van der Waals surface area (Å²) < 4.78 is 1.26. The molecule has 0 aliphatic heterocycles. The van der Waals surface area contributed by atoms with Gasteiger partial charge in [-0.15, -0.1) is 23.1 Å². The fraction of sp³-hybridized carbons (Fsp3) is 0.130. The van der Waals surface area contributed by atoms with Crippen LogP contribution in [0.15, 0.2) is 69.7 Å². The average molecular weight is 437 g/mol. The Kier molecular flexibility index (Phi) is 5.92. The highest BCUT2D eigenvalue weighted by Crippen LogP contribution is 2.41. The van der Waals surface area contributed by atoms with Gasteiger partial charge in [0.15, 0.2) is 0 Å². The quantitative estimate of drug-likeness (QED) is 0.378. The molecule has 0 radical (unpaired) electrons. The number of amides is 1. The number of hydrogen-bond donors (Lipinski definition) is 3. The molecule has 0 saturated carbocycles. The molecule has 7 heteroatoms. The van der Waals surface area contributed by atoms with Crippen LogP contribution in [0.3, 0.4) is 0 Å². The van der Waals surface area contributed by atoms with Gasteiger partial charge in [-0.1, -0.05) is 60.2 Å². The van der Waals surface area contributed by atoms with Crippen molar-refractivity contribution in [2.75, 3.05) is 0 Å². The zero-order valence-corrected chi connectivity index (χ0v) is 17.9. The summed E-state index contributed by atoms with van der Waals surface area (Å²) in [5, 5.41) is 13.2. The van der Waals surface area contributed by atoms with Gasteiger partial charge in [-0.3, -0.25) is 9.59 Å². The van der Waals surface area contributed by atoms with Gasteiger partial charge in [-0.25, -0.2) is 0 Å². The van der Waals surface area contributed by atoms with E-state index in [1.165, 1.54) is 28.7 Å². The van der Waals surface area contributed by atoms with Crippen molar-refractivity contribution >= 4 is 39.2 Å². The third-order valence-corrected chi connectivity index (χ3v) is 7.19. The number of thioether (sulfide) groups is 1. The lowest BCUT2D eigenvalue weighted by molar-refractivity contribution is 0.0950. The van der Waals surface area contributed by atoms with E-state index in [1.54, 1.807) is 0 Å². The molecule has 2 heterocycles. The van der Waals surface area contributed by atoms with E-state index < -0.39 is 5.56 Å². The molecule has 0 unspecified atom stereocenters. The van der Waals surface area contributed by atoms with Gasteiger partial charge >= 0.3 is 0 Å². The summed E-state index contributed by atoms with van der Waals surface area (Å²) in [5.74, 6) is 0.285. The molecule has 0 fully saturated rings. The number of thiophene rings is 1. The highest BCUT2D eigenvalue weighted by atomic mass is 32.2. The van der Waals surface area contributed by atoms with Gasteiger partial charge in [0, 0.05) is 18.4 Å². The Labute approximate surface area is 181 Å². The number of rotatable bonds is 6. The van der Waals surface area contributed by atoms with Gasteiger partial charge in [-0.2, -0.15) is 0 Å². The minimum atomic E-state index is -0.440. The highest BCUT2D eigenvalue weighted by molar-refractivity contribution is 8.00. The van der Waals surface area contributed by atoms with E-state index in [0.29, 0.717) is 28.1 Å². The number of benzene rings is 2. The summed E-state index contributed by atoms with van der Waals surface area (Å²) in [4.78, 5) is 27.7. The summed E-state index contributed by atoms with van der Waals surface area (Å²) in [6, 6.07) is 19.0. The van der Waals surface area contributed by atoms with Crippen LogP contribution in [0.2, 0.25) is 0 Å². The van der Waals surface area contributed by atoms with Crippen LogP contribution in [-0.4, -0.2) is 16.0 Å². The van der Waals surface area contributed by atoms with E-state index in [4.69, 9.17) is 0 Å². The van der Waals surface area contributed by atoms with Crippen LogP contribution in [0.5, 0.6) is 5.75 Å². The second-order valence-electron chi connectivity index (χ2n) is 6.93. The van der Waals surface area contributed by atoms with Crippen LogP contribution in [0.1, 0.15) is 27.0 Å². The number of aromatic nitrogens is 1. The Morgan fingerprint density at radius 3 is 2.57 bits per heavy atom. The molecule has 4 aromatic rings. The third kappa shape index (κ3) is 4.42. The van der Waals surface area contributed by atoms with E-state index >= 15 is 0 Å². The Hall–Kier alpha value is -3.03. The number of aromatic hydroxyl groups is 1. The lowest BCUT2D eigenvalue weighted by Crippen LogP contribution is -2.23. The van der Waals surface area contributed by atoms with Gasteiger partial charge in [0.05, 0.1) is 20.0 Å². The van der Waals surface area contributed by atoms with Crippen molar-refractivity contribution in [3.63, 3.8) is 0 Å². The molecule has 0 aliphatic carbocycles. The van der Waals surface area contributed by atoms with Crippen molar-refractivity contribution in [1.29, 1.82) is 0 Å². The summed E-state index contributed by atoms with van der Waals surface area (Å²) in [5.41, 5.74) is 3.64. The normalized spacial score (nSPS) is 11.0. The number of H-pyrrole nitrogens is 1. The van der Waals surface area contributed by atoms with E-state index in [-0.39, 0.29) is 11.7 Å². The standard InChI is InChI=1S/C23H20N2O3S2/c1-14-7-9-16(10-8-14)13-29-23-19(20-21(30-23)17(26)11-18(27)25-20)22(28)24-12-15-5-3-2-4-6-15/h2-11H,12-13H2,1H3,(H,24,28)(H2,25,26,27). The van der Waals surface area contributed by atoms with Crippen LogP contribution in [0, 0.1) is 6.92 Å². The molecule has 152 valence electrons. The first-order chi connectivity index (χ1) is 14.5. The van der Waals surface area contributed by atoms with Gasteiger partial charge in [0.1, 0.15) is 5.75 Å². The highest BCUT2D eigenvalue weighted by Gasteiger charge is 2.22. The molecule has 30 heavy (non-hydrogen) atoms. The summed E-state index contributed by atoms with van der Waals surface area (Å²) >= 11 is 2.83. The van der Waals surface area contributed by atoms with Gasteiger partial charge in [0.2, 0.25) is 0 Å². The number of fused-ring (bicyclic) bond motifs is 1. The maximum Gasteiger partial charge on any atom is 0.255 e. The molecule has 4 rings (SSSR count). The maximum atomic E-state index is 13.1. The molecular weight excluding hydrogens is 416 g/mol. The maximum absolute atomic E-state index is 13.1. The molecule has 0 atom stereocenters. The number of hydrogen-bond acceptors (Lipinski definition) is 5. The van der Waals surface area contributed by atoms with Crippen molar-refractivity contribution in [2.45, 2.75) is 23.4 Å². The molecule has 1 amide bonds. The van der Waals surface area contributed by atoms with Gasteiger partial charge < -0.3 is 15.4 Å². The average Bonchev–Trinajstić information content (AvgIpc) is 3.11. The fourth-order valence-electron chi connectivity index (χ4n) is 3.07. The lowest BCUT2D eigenvalue weighted by Gasteiger charge is -2.07. The summed E-state index contributed by atoms with van der Waals surface area (Å²) in [6.45, 7) is 2.42. The van der Waals surface area contributed by atoms with Gasteiger partial charge in [-0.05, 0) is 18.1 Å². The number of pyridine rings is 1. The first kappa shape index (κ1) is 20.3. The van der Waals surface area contributed by atoms with Crippen molar-refractivity contribution in [2.24, 2.45) is 0 Å². The minimum absolute atomic E-state index is 0.113. The minimum Gasteiger partial charge on any atom is -0.506 e. The second kappa shape index (κ2) is 8.77. The monoisotopic (exact) mass is 436 g/mol. The van der Waals surface area contributed by atoms with Crippen molar-refractivity contribution in [3.05, 3.63) is 93.3 Å². The molecule has 5 nitrogen and oxygen atoms in total. The van der Waals surface area contributed by atoms with E-state index in [1.807, 2.05) is 37.3 Å².